The molecule has 0 aromatic heterocycles. The van der Waals surface area contributed by atoms with Crippen LogP contribution in [0.1, 0.15) is 12.5 Å². The van der Waals surface area contributed by atoms with Gasteiger partial charge in [-0.15, -0.1) is 0 Å². The van der Waals surface area contributed by atoms with Crippen LogP contribution >= 0.6 is 0 Å². The van der Waals surface area contributed by atoms with Gasteiger partial charge in [0.1, 0.15) is 16.5 Å². The second-order valence-corrected chi connectivity index (χ2v) is 7.52. The first-order chi connectivity index (χ1) is 13.2. The smallest absolute Gasteiger partial charge is 0.256 e. The minimum absolute atomic E-state index is 0.000388. The van der Waals surface area contributed by atoms with Gasteiger partial charge in [0.05, 0.1) is 19.6 Å². The molecular formula is C18H20FN3O5S. The van der Waals surface area contributed by atoms with Crippen molar-refractivity contribution in [3.8, 4) is 5.75 Å². The minimum Gasteiger partial charge on any atom is -0.497 e. The first kappa shape index (κ1) is 21.3. The Kier molecular flexibility index (Phi) is 7.07. The largest absolute Gasteiger partial charge is 0.497 e. The zero-order valence-corrected chi connectivity index (χ0v) is 16.0. The molecule has 0 aliphatic rings. The first-order valence-electron chi connectivity index (χ1n) is 8.21. The molecule has 0 saturated carbocycles. The van der Waals surface area contributed by atoms with Crippen LogP contribution in [0.3, 0.4) is 0 Å². The summed E-state index contributed by atoms with van der Waals surface area (Å²) in [6.45, 7) is 1.27. The third-order valence-electron chi connectivity index (χ3n) is 3.70. The van der Waals surface area contributed by atoms with Gasteiger partial charge >= 0.3 is 0 Å². The summed E-state index contributed by atoms with van der Waals surface area (Å²) in [5.41, 5.74) is 5.02. The third kappa shape index (κ3) is 5.76. The van der Waals surface area contributed by atoms with Crippen LogP contribution in [0.15, 0.2) is 53.4 Å². The molecule has 0 heterocycles. The van der Waals surface area contributed by atoms with Gasteiger partial charge in [-0.2, -0.15) is 4.72 Å². The number of hydrazine groups is 1. The molecule has 1 unspecified atom stereocenters. The number of hydrogen-bond donors (Lipinski definition) is 3. The topological polar surface area (TPSA) is 114 Å². The Labute approximate surface area is 162 Å². The van der Waals surface area contributed by atoms with Gasteiger partial charge in [0.25, 0.3) is 5.91 Å². The maximum atomic E-state index is 13.7. The van der Waals surface area contributed by atoms with E-state index in [1.54, 1.807) is 24.3 Å². The number of carbonyl (C=O) groups excluding carboxylic acids is 2. The summed E-state index contributed by atoms with van der Waals surface area (Å²) in [6, 6.07) is 10.3. The fourth-order valence-corrected chi connectivity index (χ4v) is 3.51. The molecule has 2 rings (SSSR count). The van der Waals surface area contributed by atoms with E-state index >= 15 is 0 Å². The number of carbonyl (C=O) groups is 2. The maximum absolute atomic E-state index is 13.7. The summed E-state index contributed by atoms with van der Waals surface area (Å²) < 4.78 is 45.1. The molecule has 0 radical (unpaired) electrons. The lowest BCUT2D eigenvalue weighted by Gasteiger charge is -2.15. The Hall–Kier alpha value is -2.98. The lowest BCUT2D eigenvalue weighted by Crippen LogP contribution is -2.51. The molecule has 2 amide bonds. The van der Waals surface area contributed by atoms with Gasteiger partial charge in [0.15, 0.2) is 0 Å². The quantitative estimate of drug-likeness (QED) is 0.588. The van der Waals surface area contributed by atoms with Gasteiger partial charge in [-0.1, -0.05) is 24.3 Å². The fraction of sp³-hybridized carbons (Fsp3) is 0.222. The highest BCUT2D eigenvalue weighted by Crippen LogP contribution is 2.14. The van der Waals surface area contributed by atoms with Crippen molar-refractivity contribution in [2.75, 3.05) is 7.11 Å². The van der Waals surface area contributed by atoms with E-state index < -0.39 is 38.6 Å². The fourth-order valence-electron chi connectivity index (χ4n) is 2.22. The number of amides is 2. The lowest BCUT2D eigenvalue weighted by atomic mass is 10.1. The van der Waals surface area contributed by atoms with Gasteiger partial charge in [-0.05, 0) is 36.8 Å². The van der Waals surface area contributed by atoms with Gasteiger partial charge in [0.2, 0.25) is 15.9 Å². The second-order valence-electron chi connectivity index (χ2n) is 5.84. The number of ether oxygens (including phenoxy) is 1. The SMILES string of the molecule is COc1ccc(CC(=O)NNC(=O)C(C)NS(=O)(=O)c2ccccc2F)cc1. The van der Waals surface area contributed by atoms with Crippen molar-refractivity contribution in [2.24, 2.45) is 0 Å². The van der Waals surface area contributed by atoms with E-state index in [9.17, 15) is 22.4 Å². The van der Waals surface area contributed by atoms with Crippen molar-refractivity contribution in [3.63, 3.8) is 0 Å². The van der Waals surface area contributed by atoms with Crippen LogP contribution in [0.25, 0.3) is 0 Å². The van der Waals surface area contributed by atoms with Crippen molar-refractivity contribution < 1.29 is 27.1 Å². The molecule has 28 heavy (non-hydrogen) atoms. The zero-order chi connectivity index (χ0) is 20.7. The van der Waals surface area contributed by atoms with Crippen LogP contribution in [0, 0.1) is 5.82 Å². The van der Waals surface area contributed by atoms with Crippen molar-refractivity contribution in [3.05, 3.63) is 59.9 Å². The number of nitrogens with one attached hydrogen (secondary N) is 3. The monoisotopic (exact) mass is 409 g/mol. The van der Waals surface area contributed by atoms with E-state index in [4.69, 9.17) is 4.74 Å². The van der Waals surface area contributed by atoms with E-state index in [1.165, 1.54) is 26.2 Å². The average molecular weight is 409 g/mol. The second kappa shape index (κ2) is 9.29. The Morgan fingerprint density at radius 3 is 2.32 bits per heavy atom. The summed E-state index contributed by atoms with van der Waals surface area (Å²) in [5, 5.41) is 0. The molecule has 2 aromatic carbocycles. The summed E-state index contributed by atoms with van der Waals surface area (Å²) in [7, 11) is -2.71. The summed E-state index contributed by atoms with van der Waals surface area (Å²) in [6.07, 6.45) is -0.000388. The molecule has 1 atom stereocenters. The van der Waals surface area contributed by atoms with Crippen LogP contribution in [0.4, 0.5) is 4.39 Å². The average Bonchev–Trinajstić information content (AvgIpc) is 2.66. The van der Waals surface area contributed by atoms with E-state index in [0.29, 0.717) is 11.3 Å². The maximum Gasteiger partial charge on any atom is 0.256 e. The van der Waals surface area contributed by atoms with E-state index in [2.05, 4.69) is 15.6 Å². The number of benzene rings is 2. The van der Waals surface area contributed by atoms with E-state index in [1.807, 2.05) is 0 Å². The molecule has 150 valence electrons. The number of methoxy groups -OCH3 is 1. The third-order valence-corrected chi connectivity index (χ3v) is 5.27. The Balaban J connectivity index is 1.88. The predicted molar refractivity (Wildman–Crippen MR) is 99.2 cm³/mol. The normalized spacial score (nSPS) is 12.1. The molecule has 0 saturated heterocycles. The molecule has 0 fully saturated rings. The zero-order valence-electron chi connectivity index (χ0n) is 15.2. The Morgan fingerprint density at radius 1 is 1.07 bits per heavy atom. The Morgan fingerprint density at radius 2 is 1.71 bits per heavy atom. The van der Waals surface area contributed by atoms with Crippen LogP contribution < -0.4 is 20.3 Å². The van der Waals surface area contributed by atoms with Crippen LogP contribution in [-0.4, -0.2) is 33.4 Å². The number of sulfonamides is 1. The van der Waals surface area contributed by atoms with Crippen LogP contribution in [0.5, 0.6) is 5.75 Å². The van der Waals surface area contributed by atoms with E-state index in [0.717, 1.165) is 12.1 Å². The molecule has 0 bridgehead atoms. The molecule has 3 N–H and O–H groups in total. The van der Waals surface area contributed by atoms with Crippen LogP contribution in [0.2, 0.25) is 0 Å². The summed E-state index contributed by atoms with van der Waals surface area (Å²) >= 11 is 0. The summed E-state index contributed by atoms with van der Waals surface area (Å²) in [4.78, 5) is 23.3. The van der Waals surface area contributed by atoms with Crippen molar-refractivity contribution in [2.45, 2.75) is 24.3 Å². The summed E-state index contributed by atoms with van der Waals surface area (Å²) in [5.74, 6) is -1.59. The molecule has 0 aliphatic carbocycles. The highest BCUT2D eigenvalue weighted by atomic mass is 32.2. The molecular weight excluding hydrogens is 389 g/mol. The van der Waals surface area contributed by atoms with Crippen LogP contribution in [-0.2, 0) is 26.0 Å². The highest BCUT2D eigenvalue weighted by molar-refractivity contribution is 7.89. The Bertz CT molecular complexity index is 948. The van der Waals surface area contributed by atoms with Crippen molar-refractivity contribution >= 4 is 21.8 Å². The van der Waals surface area contributed by atoms with Gasteiger partial charge in [0, 0.05) is 0 Å². The number of rotatable bonds is 7. The standard InChI is InChI=1S/C18H20FN3O5S/c1-12(22-28(25,26)16-6-4-3-5-15(16)19)18(24)21-20-17(23)11-13-7-9-14(27-2)10-8-13/h3-10,12,22H,11H2,1-2H3,(H,20,23)(H,21,24). The lowest BCUT2D eigenvalue weighted by molar-refractivity contribution is -0.129. The number of halogens is 1. The highest BCUT2D eigenvalue weighted by Gasteiger charge is 2.24. The van der Waals surface area contributed by atoms with E-state index in [-0.39, 0.29) is 6.42 Å². The van der Waals surface area contributed by atoms with Gasteiger partial charge in [-0.3, -0.25) is 20.4 Å². The molecule has 8 nitrogen and oxygen atoms in total. The minimum atomic E-state index is -4.24. The van der Waals surface area contributed by atoms with Gasteiger partial charge in [-0.25, -0.2) is 12.8 Å². The van der Waals surface area contributed by atoms with Crippen molar-refractivity contribution in [1.29, 1.82) is 0 Å². The first-order valence-corrected chi connectivity index (χ1v) is 9.69. The van der Waals surface area contributed by atoms with Crippen molar-refractivity contribution in [1.82, 2.24) is 15.6 Å². The molecule has 0 spiro atoms. The number of hydrogen-bond acceptors (Lipinski definition) is 5. The van der Waals surface area contributed by atoms with Gasteiger partial charge < -0.3 is 4.74 Å². The molecule has 2 aromatic rings. The molecule has 0 aliphatic heterocycles. The predicted octanol–water partition coefficient (Wildman–Crippen LogP) is 0.891. The molecule has 10 heteroatoms.